The lowest BCUT2D eigenvalue weighted by molar-refractivity contribution is -0.148. The van der Waals surface area contributed by atoms with E-state index in [1.54, 1.807) is 6.92 Å². The molecule has 164 valence electrons. The number of carboxylic acids is 1. The van der Waals surface area contributed by atoms with Gasteiger partial charge in [-0.2, -0.15) is 0 Å². The molecule has 3 N–H and O–H groups in total. The molecule has 0 saturated heterocycles. The number of hydrogen-bond donors (Lipinski definition) is 3. The van der Waals surface area contributed by atoms with E-state index in [1.165, 1.54) is 0 Å². The van der Waals surface area contributed by atoms with Crippen LogP contribution in [0.1, 0.15) is 104 Å². The Kier molecular flexibility index (Phi) is 11.3. The Bertz CT molecular complexity index is 478. The standard InChI is InChI=1S/C23H42O5/c1-4-6-8-11-17(24)13-14-19-18(20(25)16-21(19)26)12-9-7-10-15-23(3,5-2)22(27)28/h17-19,21,24,26H,4-16H2,1-3H3,(H,27,28)/t17?,18-,19-,21-,23?/m1/s1. The van der Waals surface area contributed by atoms with Crippen molar-refractivity contribution in [3.8, 4) is 0 Å². The first-order valence-corrected chi connectivity index (χ1v) is 11.4. The minimum absolute atomic E-state index is 0.0340. The number of carbonyl (C=O) groups is 2. The molecule has 0 aromatic carbocycles. The van der Waals surface area contributed by atoms with Gasteiger partial charge in [-0.1, -0.05) is 52.4 Å². The van der Waals surface area contributed by atoms with Crippen molar-refractivity contribution >= 4 is 11.8 Å². The quantitative estimate of drug-likeness (QED) is 0.347. The second-order valence-electron chi connectivity index (χ2n) is 9.05. The normalized spacial score (nSPS) is 25.6. The highest BCUT2D eigenvalue weighted by atomic mass is 16.4. The highest BCUT2D eigenvalue weighted by molar-refractivity contribution is 5.84. The number of carbonyl (C=O) groups excluding carboxylic acids is 1. The number of Topliss-reactive ketones (excluding diaryl/α,β-unsaturated/α-hetero) is 1. The molecule has 0 heterocycles. The van der Waals surface area contributed by atoms with Gasteiger partial charge in [-0.3, -0.25) is 9.59 Å². The molecule has 1 aliphatic rings. The minimum atomic E-state index is -0.735. The fraction of sp³-hybridized carbons (Fsp3) is 0.913. The summed E-state index contributed by atoms with van der Waals surface area (Å²) in [5.41, 5.74) is -0.657. The van der Waals surface area contributed by atoms with Gasteiger partial charge in [0, 0.05) is 12.3 Å². The Balaban J connectivity index is 2.38. The molecule has 0 amide bonds. The predicted octanol–water partition coefficient (Wildman–Crippen LogP) is 4.73. The zero-order chi connectivity index (χ0) is 21.2. The fourth-order valence-corrected chi connectivity index (χ4v) is 4.43. The van der Waals surface area contributed by atoms with Crippen molar-refractivity contribution in [2.75, 3.05) is 0 Å². The Morgan fingerprint density at radius 1 is 1.11 bits per heavy atom. The van der Waals surface area contributed by atoms with Gasteiger partial charge in [0.05, 0.1) is 17.6 Å². The third kappa shape index (κ3) is 7.82. The maximum Gasteiger partial charge on any atom is 0.309 e. The van der Waals surface area contributed by atoms with Crippen LogP contribution in [0.15, 0.2) is 0 Å². The van der Waals surface area contributed by atoms with Gasteiger partial charge < -0.3 is 15.3 Å². The molecule has 1 aliphatic carbocycles. The zero-order valence-electron chi connectivity index (χ0n) is 18.2. The van der Waals surface area contributed by atoms with Crippen LogP contribution in [-0.4, -0.2) is 39.3 Å². The number of aliphatic carboxylic acids is 1. The van der Waals surface area contributed by atoms with Crippen molar-refractivity contribution in [1.82, 2.24) is 0 Å². The summed E-state index contributed by atoms with van der Waals surface area (Å²) in [5.74, 6) is -0.716. The molecule has 1 rings (SSSR count). The van der Waals surface area contributed by atoms with Gasteiger partial charge in [-0.05, 0) is 51.4 Å². The van der Waals surface area contributed by atoms with Gasteiger partial charge >= 0.3 is 5.97 Å². The molecule has 0 bridgehead atoms. The molecule has 0 aliphatic heterocycles. The van der Waals surface area contributed by atoms with Gasteiger partial charge in [-0.15, -0.1) is 0 Å². The van der Waals surface area contributed by atoms with Crippen molar-refractivity contribution in [2.24, 2.45) is 17.3 Å². The van der Waals surface area contributed by atoms with Crippen LogP contribution in [0.25, 0.3) is 0 Å². The molecule has 5 nitrogen and oxygen atoms in total. The lowest BCUT2D eigenvalue weighted by atomic mass is 9.81. The summed E-state index contributed by atoms with van der Waals surface area (Å²) in [7, 11) is 0. The summed E-state index contributed by atoms with van der Waals surface area (Å²) in [6.45, 7) is 5.85. The summed E-state index contributed by atoms with van der Waals surface area (Å²) in [6, 6.07) is 0. The van der Waals surface area contributed by atoms with Gasteiger partial charge in [0.1, 0.15) is 5.78 Å². The summed E-state index contributed by atoms with van der Waals surface area (Å²) in [4.78, 5) is 23.7. The van der Waals surface area contributed by atoms with E-state index < -0.39 is 17.5 Å². The molecule has 1 saturated carbocycles. The van der Waals surface area contributed by atoms with Crippen LogP contribution in [0.2, 0.25) is 0 Å². The van der Waals surface area contributed by atoms with Crippen molar-refractivity contribution < 1.29 is 24.9 Å². The monoisotopic (exact) mass is 398 g/mol. The van der Waals surface area contributed by atoms with E-state index in [0.29, 0.717) is 25.7 Å². The SMILES string of the molecule is CCCCCC(O)CC[C@H]1[C@H](O)CC(=O)[C@@H]1CCCCCC(C)(CC)C(=O)O. The van der Waals surface area contributed by atoms with Crippen LogP contribution in [0.4, 0.5) is 0 Å². The van der Waals surface area contributed by atoms with Gasteiger partial charge in [0.15, 0.2) is 0 Å². The van der Waals surface area contributed by atoms with Gasteiger partial charge in [0.25, 0.3) is 0 Å². The van der Waals surface area contributed by atoms with Gasteiger partial charge in [-0.25, -0.2) is 0 Å². The topological polar surface area (TPSA) is 94.8 Å². The number of carboxylic acid groups (broad SMARTS) is 1. The third-order valence-corrected chi connectivity index (χ3v) is 6.85. The highest BCUT2D eigenvalue weighted by Gasteiger charge is 2.40. The Morgan fingerprint density at radius 2 is 1.82 bits per heavy atom. The van der Waals surface area contributed by atoms with Crippen molar-refractivity contribution in [1.29, 1.82) is 0 Å². The molecule has 0 aromatic heterocycles. The molecule has 1 fully saturated rings. The van der Waals surface area contributed by atoms with Crippen LogP contribution < -0.4 is 0 Å². The lowest BCUT2D eigenvalue weighted by Crippen LogP contribution is -2.26. The summed E-state index contributed by atoms with van der Waals surface area (Å²) >= 11 is 0. The summed E-state index contributed by atoms with van der Waals surface area (Å²) < 4.78 is 0. The van der Waals surface area contributed by atoms with Crippen LogP contribution in [-0.2, 0) is 9.59 Å². The zero-order valence-corrected chi connectivity index (χ0v) is 18.2. The maximum atomic E-state index is 12.3. The van der Waals surface area contributed by atoms with E-state index in [-0.39, 0.29) is 30.1 Å². The second-order valence-corrected chi connectivity index (χ2v) is 9.05. The molecule has 28 heavy (non-hydrogen) atoms. The van der Waals surface area contributed by atoms with Crippen molar-refractivity contribution in [3.05, 3.63) is 0 Å². The molecular formula is C23H42O5. The number of rotatable bonds is 15. The number of aliphatic hydroxyl groups is 2. The first-order chi connectivity index (χ1) is 13.2. The van der Waals surface area contributed by atoms with E-state index in [4.69, 9.17) is 0 Å². The summed E-state index contributed by atoms with van der Waals surface area (Å²) in [5, 5.41) is 29.8. The second kappa shape index (κ2) is 12.6. The van der Waals surface area contributed by atoms with E-state index in [9.17, 15) is 24.9 Å². The van der Waals surface area contributed by atoms with E-state index in [1.807, 2.05) is 6.92 Å². The maximum absolute atomic E-state index is 12.3. The van der Waals surface area contributed by atoms with E-state index in [0.717, 1.165) is 51.4 Å². The third-order valence-electron chi connectivity index (χ3n) is 6.85. The highest BCUT2D eigenvalue weighted by Crippen LogP contribution is 2.37. The Hall–Kier alpha value is -0.940. The first kappa shape index (κ1) is 25.1. The molecule has 0 radical (unpaired) electrons. The van der Waals surface area contributed by atoms with Crippen LogP contribution in [0, 0.1) is 17.3 Å². The lowest BCUT2D eigenvalue weighted by Gasteiger charge is -2.24. The Labute approximate surface area is 170 Å². The first-order valence-electron chi connectivity index (χ1n) is 11.4. The Morgan fingerprint density at radius 3 is 2.43 bits per heavy atom. The van der Waals surface area contributed by atoms with E-state index in [2.05, 4.69) is 6.92 Å². The molecule has 0 aromatic rings. The molecule has 5 atom stereocenters. The van der Waals surface area contributed by atoms with Gasteiger partial charge in [0.2, 0.25) is 0 Å². The number of ketones is 1. The smallest absolute Gasteiger partial charge is 0.309 e. The number of hydrogen-bond acceptors (Lipinski definition) is 4. The largest absolute Gasteiger partial charge is 0.481 e. The number of unbranched alkanes of at least 4 members (excludes halogenated alkanes) is 4. The van der Waals surface area contributed by atoms with Crippen LogP contribution >= 0.6 is 0 Å². The summed E-state index contributed by atoms with van der Waals surface area (Å²) in [6.07, 6.45) is 9.48. The fourth-order valence-electron chi connectivity index (χ4n) is 4.43. The minimum Gasteiger partial charge on any atom is -0.481 e. The van der Waals surface area contributed by atoms with E-state index >= 15 is 0 Å². The van der Waals surface area contributed by atoms with Crippen LogP contribution in [0.5, 0.6) is 0 Å². The number of aliphatic hydroxyl groups excluding tert-OH is 2. The molecule has 5 heteroatoms. The molecular weight excluding hydrogens is 356 g/mol. The molecule has 2 unspecified atom stereocenters. The average molecular weight is 399 g/mol. The van der Waals surface area contributed by atoms with Crippen LogP contribution in [0.3, 0.4) is 0 Å². The van der Waals surface area contributed by atoms with Crippen molar-refractivity contribution in [3.63, 3.8) is 0 Å². The predicted molar refractivity (Wildman–Crippen MR) is 111 cm³/mol. The average Bonchev–Trinajstić information content (AvgIpc) is 2.92. The van der Waals surface area contributed by atoms with Crippen molar-refractivity contribution in [2.45, 2.75) is 116 Å². The molecule has 0 spiro atoms.